The first-order valence-corrected chi connectivity index (χ1v) is 28.1. The second-order valence-electron chi connectivity index (χ2n) is 19.3. The highest BCUT2D eigenvalue weighted by molar-refractivity contribution is 8.00. The molecule has 0 saturated heterocycles. The summed E-state index contributed by atoms with van der Waals surface area (Å²) in [5, 5.41) is 50.4. The van der Waals surface area contributed by atoms with Gasteiger partial charge in [0, 0.05) is 12.2 Å². The normalized spacial score (nSPS) is 13.6. The molecule has 0 aliphatic carbocycles. The van der Waals surface area contributed by atoms with Crippen molar-refractivity contribution in [3.05, 3.63) is 263 Å². The van der Waals surface area contributed by atoms with Crippen LogP contribution in [0.5, 0.6) is 0 Å². The largest absolute Gasteiger partial charge is 0.481 e. The van der Waals surface area contributed by atoms with E-state index in [0.29, 0.717) is 23.3 Å². The molecule has 0 spiro atoms. The number of carboxylic acid groups (broad SMARTS) is 1. The number of aliphatic hydroxyl groups excluding tert-OH is 2. The molecule has 78 heavy (non-hydrogen) atoms. The Hall–Kier alpha value is -7.73. The number of carboxylic acids is 1. The van der Waals surface area contributed by atoms with Gasteiger partial charge in [-0.2, -0.15) is 5.26 Å². The first kappa shape index (κ1) is 58.0. The van der Waals surface area contributed by atoms with Crippen LogP contribution in [0.1, 0.15) is 77.6 Å². The highest BCUT2D eigenvalue weighted by Crippen LogP contribution is 2.50. The molecule has 7 aromatic carbocycles. The van der Waals surface area contributed by atoms with Gasteiger partial charge in [0.05, 0.1) is 52.2 Å². The molecule has 5 atom stereocenters. The van der Waals surface area contributed by atoms with Gasteiger partial charge < -0.3 is 31.3 Å². The van der Waals surface area contributed by atoms with E-state index in [-0.39, 0.29) is 18.6 Å². The molecule has 0 aliphatic rings. The first-order chi connectivity index (χ1) is 37.8. The number of benzene rings is 7. The fourth-order valence-electron chi connectivity index (χ4n) is 9.74. The van der Waals surface area contributed by atoms with Gasteiger partial charge in [-0.25, -0.2) is 0 Å². The van der Waals surface area contributed by atoms with Crippen molar-refractivity contribution < 1.29 is 34.5 Å². The fourth-order valence-corrected chi connectivity index (χ4v) is 12.8. The molecule has 11 nitrogen and oxygen atoms in total. The van der Waals surface area contributed by atoms with Gasteiger partial charge in [-0.1, -0.05) is 220 Å². The third-order valence-corrected chi connectivity index (χ3v) is 16.7. The zero-order chi connectivity index (χ0) is 55.3. The van der Waals surface area contributed by atoms with Crippen LogP contribution in [0, 0.1) is 17.2 Å². The van der Waals surface area contributed by atoms with Crippen LogP contribution in [0.15, 0.2) is 218 Å². The molecule has 0 aromatic heterocycles. The van der Waals surface area contributed by atoms with Crippen LogP contribution in [0.25, 0.3) is 0 Å². The Morgan fingerprint density at radius 3 is 1.42 bits per heavy atom. The zero-order valence-corrected chi connectivity index (χ0v) is 45.4. The van der Waals surface area contributed by atoms with Crippen LogP contribution in [0.4, 0.5) is 0 Å². The van der Waals surface area contributed by atoms with Crippen molar-refractivity contribution in [2.24, 2.45) is 5.92 Å². The molecular formula is C65H66N4O7S2. The van der Waals surface area contributed by atoms with Gasteiger partial charge in [0.2, 0.25) is 17.7 Å². The molecule has 0 radical (unpaired) electrons. The number of nitrogens with one attached hydrogen (secondary N) is 3. The van der Waals surface area contributed by atoms with E-state index in [1.165, 1.54) is 11.8 Å². The van der Waals surface area contributed by atoms with Crippen LogP contribution in [-0.2, 0) is 35.1 Å². The molecule has 3 amide bonds. The van der Waals surface area contributed by atoms with Crippen LogP contribution >= 0.6 is 23.5 Å². The van der Waals surface area contributed by atoms with Gasteiger partial charge in [-0.15, -0.1) is 23.5 Å². The van der Waals surface area contributed by atoms with Crippen molar-refractivity contribution >= 4 is 47.2 Å². The summed E-state index contributed by atoms with van der Waals surface area (Å²) in [6, 6.07) is 65.7. The maximum Gasteiger partial charge on any atom is 0.306 e. The van der Waals surface area contributed by atoms with Crippen molar-refractivity contribution in [1.29, 1.82) is 5.26 Å². The molecule has 6 N–H and O–H groups in total. The summed E-state index contributed by atoms with van der Waals surface area (Å²) in [4.78, 5) is 55.5. The number of nitrogens with zero attached hydrogens (tertiary/aromatic N) is 1. The number of carbonyl (C=O) groups is 4. The lowest BCUT2D eigenvalue weighted by Gasteiger charge is -2.37. The molecule has 3 unspecified atom stereocenters. The van der Waals surface area contributed by atoms with Crippen LogP contribution in [0.2, 0.25) is 0 Å². The minimum Gasteiger partial charge on any atom is -0.481 e. The highest BCUT2D eigenvalue weighted by Gasteiger charge is 2.40. The quantitative estimate of drug-likeness (QED) is 0.0164. The topological polar surface area (TPSA) is 189 Å². The van der Waals surface area contributed by atoms with Crippen molar-refractivity contribution in [2.75, 3.05) is 11.5 Å². The van der Waals surface area contributed by atoms with Crippen molar-refractivity contribution in [3.8, 4) is 6.07 Å². The Morgan fingerprint density at radius 2 is 1.00 bits per heavy atom. The number of hydrogen-bond acceptors (Lipinski definition) is 9. The van der Waals surface area contributed by atoms with E-state index in [1.54, 1.807) is 56.0 Å². The molecule has 400 valence electrons. The minimum absolute atomic E-state index is 0.0361. The maximum atomic E-state index is 14.9. The van der Waals surface area contributed by atoms with E-state index >= 15 is 0 Å². The summed E-state index contributed by atoms with van der Waals surface area (Å²) in [6.07, 6.45) is 0.290. The average Bonchev–Trinajstić information content (AvgIpc) is 3.54. The first-order valence-electron chi connectivity index (χ1n) is 26.1. The third kappa shape index (κ3) is 15.1. The molecule has 13 heteroatoms. The number of allylic oxidation sites excluding steroid dienone is 1. The summed E-state index contributed by atoms with van der Waals surface area (Å²) in [7, 11) is 0. The predicted octanol–water partition coefficient (Wildman–Crippen LogP) is 10.2. The summed E-state index contributed by atoms with van der Waals surface area (Å²) < 4.78 is -1.45. The summed E-state index contributed by atoms with van der Waals surface area (Å²) in [5.74, 6) is -3.04. The van der Waals surface area contributed by atoms with Gasteiger partial charge in [0.1, 0.15) is 12.1 Å². The van der Waals surface area contributed by atoms with Gasteiger partial charge in [0.15, 0.2) is 0 Å². The Kier molecular flexibility index (Phi) is 21.2. The summed E-state index contributed by atoms with van der Waals surface area (Å²) in [6.45, 7) is 3.50. The second-order valence-corrected chi connectivity index (χ2v) is 21.9. The second kappa shape index (κ2) is 28.6. The monoisotopic (exact) mass is 1080 g/mol. The predicted molar refractivity (Wildman–Crippen MR) is 311 cm³/mol. The number of hydrogen-bond donors (Lipinski definition) is 6. The number of carbonyl (C=O) groups excluding carboxylic acids is 3. The minimum atomic E-state index is -1.45. The fraction of sp³-hybridized carbons (Fsp3) is 0.246. The molecule has 0 saturated carbocycles. The Morgan fingerprint density at radius 1 is 0.564 bits per heavy atom. The number of rotatable bonds is 27. The Balaban J connectivity index is 1.14. The van der Waals surface area contributed by atoms with Crippen LogP contribution in [-0.4, -0.2) is 80.8 Å². The summed E-state index contributed by atoms with van der Waals surface area (Å²) >= 11 is 3.20. The van der Waals surface area contributed by atoms with E-state index in [1.807, 2.05) is 152 Å². The van der Waals surface area contributed by atoms with E-state index in [0.717, 1.165) is 33.4 Å². The molecule has 0 bridgehead atoms. The van der Waals surface area contributed by atoms with Crippen LogP contribution < -0.4 is 16.0 Å². The van der Waals surface area contributed by atoms with Gasteiger partial charge in [-0.05, 0) is 69.2 Å². The lowest BCUT2D eigenvalue weighted by molar-refractivity contribution is -0.140. The lowest BCUT2D eigenvalue weighted by Crippen LogP contribution is -2.58. The average molecular weight is 1080 g/mol. The van der Waals surface area contributed by atoms with Crippen molar-refractivity contribution in [2.45, 2.75) is 79.4 Å². The Labute approximate surface area is 466 Å². The van der Waals surface area contributed by atoms with E-state index in [4.69, 9.17) is 0 Å². The number of aliphatic carboxylic acids is 1. The molecule has 0 heterocycles. The van der Waals surface area contributed by atoms with E-state index in [9.17, 15) is 39.8 Å². The number of thioether (sulfide) groups is 2. The lowest BCUT2D eigenvalue weighted by atomic mass is 9.84. The van der Waals surface area contributed by atoms with Gasteiger partial charge in [0.25, 0.3) is 0 Å². The molecule has 0 aliphatic heterocycles. The van der Waals surface area contributed by atoms with Crippen molar-refractivity contribution in [3.63, 3.8) is 0 Å². The third-order valence-electron chi connectivity index (χ3n) is 13.5. The molecule has 0 fully saturated rings. The van der Waals surface area contributed by atoms with E-state index < -0.39 is 75.9 Å². The number of amides is 3. The summed E-state index contributed by atoms with van der Waals surface area (Å²) in [5.41, 5.74) is 7.02. The number of aliphatic hydroxyl groups is 2. The van der Waals surface area contributed by atoms with Crippen molar-refractivity contribution in [1.82, 2.24) is 16.0 Å². The van der Waals surface area contributed by atoms with Gasteiger partial charge in [-0.3, -0.25) is 19.2 Å². The maximum absolute atomic E-state index is 14.9. The van der Waals surface area contributed by atoms with Gasteiger partial charge >= 0.3 is 5.97 Å². The van der Waals surface area contributed by atoms with Crippen LogP contribution in [0.3, 0.4) is 0 Å². The SMILES string of the molecule is CC(C)[C@@H](NC(=O)C(CSC(c1ccccc1)(c1ccccc1)c1ccccc1)NC(=O)C(Cc1cccc(C#N)c1)NC(=O)CC(O)C=CCCSC(c1ccccc1)(c1ccccc1)c1ccccc1)[C@@H](O)CC(=O)O. The molecule has 7 rings (SSSR count). The highest BCUT2D eigenvalue weighted by atomic mass is 32.2. The molecule has 7 aromatic rings. The smallest absolute Gasteiger partial charge is 0.306 e. The Bertz CT molecular complexity index is 2900. The molecular weight excluding hydrogens is 1010 g/mol. The van der Waals surface area contributed by atoms with E-state index in [2.05, 4.69) is 58.4 Å². The zero-order valence-electron chi connectivity index (χ0n) is 43.7. The number of nitriles is 1. The standard InChI is InChI=1S/C65H66N4O7S2/c1-46(2)61(58(71)43-60(73)74)69-63(76)57(45-78-65(52-32-15-6-16-33-52,53-34-17-7-18-35-53)54-36-19-8-20-37-54)68-62(75)56(41-47-24-23-25-48(40-47)44-66)67-59(72)42-55(70)38-21-22-39-77-64(49-26-9-3-10-27-49,50-28-11-4-12-29-50)51-30-13-5-14-31-51/h3-21,23-38,40,46,55-58,61,70-71H,22,39,41-43,45H2,1-2H3,(H,67,72)(H,68,75)(H,69,76)(H,73,74)/t55?,56?,57?,58-,61+/m0/s1.